The molecular weight excluding hydrogens is 282 g/mol. The van der Waals surface area contributed by atoms with Crippen molar-refractivity contribution in [3.05, 3.63) is 53.3 Å². The minimum atomic E-state index is -0.982. The van der Waals surface area contributed by atoms with E-state index in [0.717, 1.165) is 5.56 Å². The molecule has 2 rings (SSSR count). The maximum Gasteiger partial charge on any atom is 0.309 e. The highest BCUT2D eigenvalue weighted by Gasteiger charge is 2.30. The van der Waals surface area contributed by atoms with Crippen LogP contribution in [0.1, 0.15) is 35.5 Å². The maximum atomic E-state index is 12.2. The van der Waals surface area contributed by atoms with Crippen LogP contribution < -0.4 is 5.32 Å². The zero-order chi connectivity index (χ0) is 16.2. The van der Waals surface area contributed by atoms with E-state index in [4.69, 9.17) is 0 Å². The minimum Gasteiger partial charge on any atom is -0.481 e. The standard InChI is InChI=1S/C16H19N3O3/c1-16(2,15(21)22)8-13-12(10-18-19-13)14(20)17-9-11-6-4-3-5-7-11/h3-7,10H,8-9H2,1-2H3,(H,17,20)(H,18,19)(H,21,22). The second-order valence-corrected chi connectivity index (χ2v) is 5.78. The van der Waals surface area contributed by atoms with Gasteiger partial charge in [0, 0.05) is 19.2 Å². The van der Waals surface area contributed by atoms with E-state index in [9.17, 15) is 14.7 Å². The summed E-state index contributed by atoms with van der Waals surface area (Å²) in [7, 11) is 0. The highest BCUT2D eigenvalue weighted by Crippen LogP contribution is 2.22. The average Bonchev–Trinajstić information content (AvgIpc) is 2.93. The van der Waals surface area contributed by atoms with Gasteiger partial charge >= 0.3 is 5.97 Å². The van der Waals surface area contributed by atoms with Gasteiger partial charge in [-0.3, -0.25) is 14.7 Å². The molecule has 2 aromatic rings. The number of aromatic nitrogens is 2. The first kappa shape index (κ1) is 15.8. The van der Waals surface area contributed by atoms with Crippen LogP contribution in [-0.2, 0) is 17.8 Å². The van der Waals surface area contributed by atoms with Gasteiger partial charge in [0.1, 0.15) is 0 Å². The van der Waals surface area contributed by atoms with Crippen LogP contribution in [0, 0.1) is 5.41 Å². The van der Waals surface area contributed by atoms with Crippen LogP contribution in [0.4, 0.5) is 0 Å². The van der Waals surface area contributed by atoms with Gasteiger partial charge in [-0.2, -0.15) is 5.10 Å². The van der Waals surface area contributed by atoms with Crippen LogP contribution in [0.5, 0.6) is 0 Å². The van der Waals surface area contributed by atoms with Crippen LogP contribution in [0.3, 0.4) is 0 Å². The molecule has 0 bridgehead atoms. The molecule has 1 aromatic heterocycles. The molecule has 0 fully saturated rings. The van der Waals surface area contributed by atoms with Gasteiger partial charge in [0.05, 0.1) is 16.7 Å². The second-order valence-electron chi connectivity index (χ2n) is 5.78. The zero-order valence-electron chi connectivity index (χ0n) is 12.6. The van der Waals surface area contributed by atoms with E-state index >= 15 is 0 Å². The lowest BCUT2D eigenvalue weighted by Gasteiger charge is -2.18. The monoisotopic (exact) mass is 301 g/mol. The number of nitrogens with one attached hydrogen (secondary N) is 2. The smallest absolute Gasteiger partial charge is 0.309 e. The van der Waals surface area contributed by atoms with Crippen molar-refractivity contribution in [2.75, 3.05) is 0 Å². The van der Waals surface area contributed by atoms with E-state index in [0.29, 0.717) is 17.8 Å². The number of hydrogen-bond donors (Lipinski definition) is 3. The summed E-state index contributed by atoms with van der Waals surface area (Å²) in [4.78, 5) is 23.4. The van der Waals surface area contributed by atoms with E-state index in [1.807, 2.05) is 30.3 Å². The van der Waals surface area contributed by atoms with Crippen LogP contribution >= 0.6 is 0 Å². The van der Waals surface area contributed by atoms with Crippen LogP contribution in [0.25, 0.3) is 0 Å². The Balaban J connectivity index is 2.05. The number of carboxylic acids is 1. The number of amides is 1. The van der Waals surface area contributed by atoms with E-state index in [-0.39, 0.29) is 12.3 Å². The first-order valence-corrected chi connectivity index (χ1v) is 6.98. The summed E-state index contributed by atoms with van der Waals surface area (Å²) >= 11 is 0. The van der Waals surface area contributed by atoms with Gasteiger partial charge in [0.2, 0.25) is 0 Å². The fourth-order valence-corrected chi connectivity index (χ4v) is 2.02. The van der Waals surface area contributed by atoms with Crippen molar-refractivity contribution in [1.82, 2.24) is 15.5 Å². The van der Waals surface area contributed by atoms with Crippen molar-refractivity contribution in [2.24, 2.45) is 5.41 Å². The lowest BCUT2D eigenvalue weighted by atomic mass is 9.87. The molecule has 1 amide bonds. The van der Waals surface area contributed by atoms with Crippen molar-refractivity contribution >= 4 is 11.9 Å². The molecule has 0 saturated carbocycles. The van der Waals surface area contributed by atoms with Gasteiger partial charge < -0.3 is 10.4 Å². The van der Waals surface area contributed by atoms with E-state index in [2.05, 4.69) is 15.5 Å². The Bertz CT molecular complexity index is 662. The molecule has 0 unspecified atom stereocenters. The molecule has 0 atom stereocenters. The zero-order valence-corrected chi connectivity index (χ0v) is 12.6. The molecule has 0 saturated heterocycles. The Morgan fingerprint density at radius 1 is 1.27 bits per heavy atom. The summed E-state index contributed by atoms with van der Waals surface area (Å²) in [5.41, 5.74) is 0.846. The molecule has 0 radical (unpaired) electrons. The van der Waals surface area contributed by atoms with Crippen molar-refractivity contribution in [1.29, 1.82) is 0 Å². The van der Waals surface area contributed by atoms with E-state index < -0.39 is 11.4 Å². The first-order valence-electron chi connectivity index (χ1n) is 6.98. The number of aromatic amines is 1. The van der Waals surface area contributed by atoms with Crippen LogP contribution in [0.2, 0.25) is 0 Å². The summed E-state index contributed by atoms with van der Waals surface area (Å²) in [5, 5.41) is 18.6. The number of benzene rings is 1. The Kier molecular flexibility index (Phi) is 4.60. The number of carboxylic acid groups (broad SMARTS) is 1. The summed E-state index contributed by atoms with van der Waals surface area (Å²) in [6.45, 7) is 3.62. The van der Waals surface area contributed by atoms with Gasteiger partial charge in [0.15, 0.2) is 0 Å². The molecule has 116 valence electrons. The number of carbonyl (C=O) groups is 2. The lowest BCUT2D eigenvalue weighted by molar-refractivity contribution is -0.146. The SMILES string of the molecule is CC(C)(Cc1n[nH]cc1C(=O)NCc1ccccc1)C(=O)O. The first-order chi connectivity index (χ1) is 10.4. The van der Waals surface area contributed by atoms with Crippen molar-refractivity contribution in [3.63, 3.8) is 0 Å². The maximum absolute atomic E-state index is 12.2. The fraction of sp³-hybridized carbons (Fsp3) is 0.312. The predicted molar refractivity (Wildman–Crippen MR) is 81.3 cm³/mol. The third-order valence-corrected chi connectivity index (χ3v) is 3.45. The molecule has 6 heteroatoms. The van der Waals surface area contributed by atoms with Crippen molar-refractivity contribution in [2.45, 2.75) is 26.8 Å². The van der Waals surface area contributed by atoms with E-state index in [1.165, 1.54) is 6.20 Å². The molecule has 0 spiro atoms. The number of rotatable bonds is 6. The number of hydrogen-bond acceptors (Lipinski definition) is 3. The third-order valence-electron chi connectivity index (χ3n) is 3.45. The largest absolute Gasteiger partial charge is 0.481 e. The normalized spacial score (nSPS) is 11.2. The topological polar surface area (TPSA) is 95.1 Å². The summed E-state index contributed by atoms with van der Waals surface area (Å²) in [6.07, 6.45) is 1.67. The van der Waals surface area contributed by atoms with Gasteiger partial charge in [-0.15, -0.1) is 0 Å². The second kappa shape index (κ2) is 6.43. The van der Waals surface area contributed by atoms with Gasteiger partial charge in [-0.1, -0.05) is 30.3 Å². The van der Waals surface area contributed by atoms with Gasteiger partial charge in [-0.25, -0.2) is 0 Å². The molecule has 22 heavy (non-hydrogen) atoms. The number of carbonyl (C=O) groups excluding carboxylic acids is 1. The molecular formula is C16H19N3O3. The minimum absolute atomic E-state index is 0.180. The Morgan fingerprint density at radius 3 is 2.59 bits per heavy atom. The summed E-state index contributed by atoms with van der Waals surface area (Å²) < 4.78 is 0. The number of aliphatic carboxylic acids is 1. The Labute approximate surface area is 128 Å². The summed E-state index contributed by atoms with van der Waals surface area (Å²) in [5.74, 6) is -1.19. The van der Waals surface area contributed by atoms with Crippen LogP contribution in [0.15, 0.2) is 36.5 Å². The van der Waals surface area contributed by atoms with Gasteiger partial charge in [0.25, 0.3) is 5.91 Å². The number of H-pyrrole nitrogens is 1. The molecule has 0 aliphatic heterocycles. The molecule has 0 aliphatic carbocycles. The highest BCUT2D eigenvalue weighted by molar-refractivity contribution is 5.95. The predicted octanol–water partition coefficient (Wildman–Crippen LogP) is 1.99. The molecule has 3 N–H and O–H groups in total. The van der Waals surface area contributed by atoms with E-state index in [1.54, 1.807) is 13.8 Å². The number of nitrogens with zero attached hydrogens (tertiary/aromatic N) is 1. The van der Waals surface area contributed by atoms with Crippen molar-refractivity contribution < 1.29 is 14.7 Å². The van der Waals surface area contributed by atoms with Crippen molar-refractivity contribution in [3.8, 4) is 0 Å². The van der Waals surface area contributed by atoms with Gasteiger partial charge in [-0.05, 0) is 19.4 Å². The molecule has 6 nitrogen and oxygen atoms in total. The highest BCUT2D eigenvalue weighted by atomic mass is 16.4. The lowest BCUT2D eigenvalue weighted by Crippen LogP contribution is -2.29. The average molecular weight is 301 g/mol. The summed E-state index contributed by atoms with van der Waals surface area (Å²) in [6, 6.07) is 9.56. The Hall–Kier alpha value is -2.63. The quantitative estimate of drug-likeness (QED) is 0.760. The van der Waals surface area contributed by atoms with Crippen LogP contribution in [-0.4, -0.2) is 27.2 Å². The molecule has 1 aromatic carbocycles. The fourth-order valence-electron chi connectivity index (χ4n) is 2.02. The Morgan fingerprint density at radius 2 is 1.95 bits per heavy atom. The molecule has 0 aliphatic rings. The third kappa shape index (κ3) is 3.72. The molecule has 1 heterocycles.